The summed E-state index contributed by atoms with van der Waals surface area (Å²) in [4.78, 5) is 0. The standard InChI is InChI=1S/C14H19N3O/c1-3-11-13(9(2)8-15)14-10-5-7-18-12(10)4-6-17(14)16-11/h4,6,9H,3,5,7-8,15H2,1-2H3. The van der Waals surface area contributed by atoms with Crippen molar-refractivity contribution in [2.45, 2.75) is 32.6 Å². The maximum atomic E-state index is 5.85. The third-order valence-corrected chi connectivity index (χ3v) is 3.76. The predicted molar refractivity (Wildman–Crippen MR) is 71.2 cm³/mol. The van der Waals surface area contributed by atoms with Crippen molar-refractivity contribution in [1.29, 1.82) is 0 Å². The largest absolute Gasteiger partial charge is 0.493 e. The minimum atomic E-state index is 0.338. The molecule has 0 radical (unpaired) electrons. The van der Waals surface area contributed by atoms with Crippen molar-refractivity contribution in [3.63, 3.8) is 0 Å². The molecule has 2 aromatic heterocycles. The number of nitrogens with zero attached hydrogens (tertiary/aromatic N) is 2. The Bertz CT molecular complexity index is 588. The van der Waals surface area contributed by atoms with E-state index in [-0.39, 0.29) is 0 Å². The van der Waals surface area contributed by atoms with E-state index in [1.807, 2.05) is 16.8 Å². The number of fused-ring (bicyclic) bond motifs is 3. The fourth-order valence-corrected chi connectivity index (χ4v) is 2.79. The van der Waals surface area contributed by atoms with Gasteiger partial charge in [-0.15, -0.1) is 0 Å². The summed E-state index contributed by atoms with van der Waals surface area (Å²) in [5.41, 5.74) is 10.8. The molecular formula is C14H19N3O. The molecular weight excluding hydrogens is 226 g/mol. The maximum Gasteiger partial charge on any atom is 0.126 e. The number of nitrogens with two attached hydrogens (primary N) is 1. The molecule has 18 heavy (non-hydrogen) atoms. The molecule has 4 heteroatoms. The summed E-state index contributed by atoms with van der Waals surface area (Å²) in [7, 11) is 0. The molecule has 0 aliphatic carbocycles. The molecule has 3 rings (SSSR count). The highest BCUT2D eigenvalue weighted by atomic mass is 16.5. The van der Waals surface area contributed by atoms with Gasteiger partial charge in [0.05, 0.1) is 17.8 Å². The van der Waals surface area contributed by atoms with E-state index in [4.69, 9.17) is 10.5 Å². The number of rotatable bonds is 3. The molecule has 1 aliphatic rings. The molecule has 3 heterocycles. The van der Waals surface area contributed by atoms with Crippen LogP contribution in [0.5, 0.6) is 5.75 Å². The van der Waals surface area contributed by atoms with Gasteiger partial charge in [-0.1, -0.05) is 13.8 Å². The van der Waals surface area contributed by atoms with Crippen LogP contribution in [0.15, 0.2) is 12.3 Å². The van der Waals surface area contributed by atoms with Gasteiger partial charge in [0.15, 0.2) is 0 Å². The molecule has 0 saturated carbocycles. The molecule has 0 aromatic carbocycles. The van der Waals surface area contributed by atoms with Crippen LogP contribution < -0.4 is 10.5 Å². The van der Waals surface area contributed by atoms with Crippen molar-refractivity contribution in [1.82, 2.24) is 9.61 Å². The number of aromatic nitrogens is 2. The number of aryl methyl sites for hydroxylation is 1. The van der Waals surface area contributed by atoms with Crippen molar-refractivity contribution in [2.24, 2.45) is 5.73 Å². The van der Waals surface area contributed by atoms with Crippen LogP contribution in [-0.4, -0.2) is 22.8 Å². The molecule has 1 atom stereocenters. The van der Waals surface area contributed by atoms with Crippen LogP contribution in [0, 0.1) is 0 Å². The lowest BCUT2D eigenvalue weighted by Crippen LogP contribution is -2.10. The van der Waals surface area contributed by atoms with Crippen molar-refractivity contribution in [2.75, 3.05) is 13.2 Å². The highest BCUT2D eigenvalue weighted by molar-refractivity contribution is 5.68. The van der Waals surface area contributed by atoms with Gasteiger partial charge in [-0.05, 0) is 24.9 Å². The Morgan fingerprint density at radius 2 is 2.39 bits per heavy atom. The van der Waals surface area contributed by atoms with E-state index in [0.717, 1.165) is 30.9 Å². The van der Waals surface area contributed by atoms with E-state index in [1.165, 1.54) is 16.6 Å². The Morgan fingerprint density at radius 1 is 1.56 bits per heavy atom. The van der Waals surface area contributed by atoms with Crippen LogP contribution in [0.2, 0.25) is 0 Å². The average molecular weight is 245 g/mol. The zero-order valence-electron chi connectivity index (χ0n) is 10.9. The van der Waals surface area contributed by atoms with E-state index in [9.17, 15) is 0 Å². The Labute approximate surface area is 107 Å². The molecule has 0 spiro atoms. The summed E-state index contributed by atoms with van der Waals surface area (Å²) in [5.74, 6) is 1.35. The maximum absolute atomic E-state index is 5.85. The fraction of sp³-hybridized carbons (Fsp3) is 0.500. The highest BCUT2D eigenvalue weighted by Crippen LogP contribution is 2.34. The molecule has 0 amide bonds. The van der Waals surface area contributed by atoms with Gasteiger partial charge in [0.2, 0.25) is 0 Å². The Balaban J connectivity index is 2.32. The molecule has 0 fully saturated rings. The molecule has 4 nitrogen and oxygen atoms in total. The van der Waals surface area contributed by atoms with Crippen molar-refractivity contribution in [3.05, 3.63) is 29.1 Å². The molecule has 1 unspecified atom stereocenters. The SMILES string of the molecule is CCc1nn2ccc3c(c2c1C(C)CN)CCO3. The van der Waals surface area contributed by atoms with Crippen LogP contribution in [0.1, 0.15) is 36.6 Å². The highest BCUT2D eigenvalue weighted by Gasteiger charge is 2.23. The third kappa shape index (κ3) is 1.52. The normalized spacial score (nSPS) is 15.7. The van der Waals surface area contributed by atoms with Gasteiger partial charge in [0, 0.05) is 23.7 Å². The lowest BCUT2D eigenvalue weighted by molar-refractivity contribution is 0.356. The van der Waals surface area contributed by atoms with E-state index in [0.29, 0.717) is 12.5 Å². The van der Waals surface area contributed by atoms with Crippen LogP contribution in [0.3, 0.4) is 0 Å². The second kappa shape index (κ2) is 4.28. The monoisotopic (exact) mass is 245 g/mol. The Morgan fingerprint density at radius 3 is 3.11 bits per heavy atom. The summed E-state index contributed by atoms with van der Waals surface area (Å²) in [5, 5.41) is 4.68. The van der Waals surface area contributed by atoms with Crippen LogP contribution >= 0.6 is 0 Å². The Kier molecular flexibility index (Phi) is 2.74. The molecule has 0 saturated heterocycles. The fourth-order valence-electron chi connectivity index (χ4n) is 2.79. The first-order chi connectivity index (χ1) is 8.76. The van der Waals surface area contributed by atoms with Gasteiger partial charge in [0.25, 0.3) is 0 Å². The second-order valence-electron chi connectivity index (χ2n) is 4.90. The minimum absolute atomic E-state index is 0.338. The van der Waals surface area contributed by atoms with Crippen molar-refractivity contribution in [3.8, 4) is 5.75 Å². The zero-order chi connectivity index (χ0) is 12.7. The molecule has 2 N–H and O–H groups in total. The first-order valence-electron chi connectivity index (χ1n) is 6.62. The van der Waals surface area contributed by atoms with Gasteiger partial charge < -0.3 is 10.5 Å². The van der Waals surface area contributed by atoms with E-state index >= 15 is 0 Å². The number of ether oxygens (including phenoxy) is 1. The Hall–Kier alpha value is -1.55. The van der Waals surface area contributed by atoms with Crippen molar-refractivity contribution < 1.29 is 4.74 Å². The van der Waals surface area contributed by atoms with Crippen LogP contribution in [0.4, 0.5) is 0 Å². The van der Waals surface area contributed by atoms with Crippen LogP contribution in [0.25, 0.3) is 5.52 Å². The predicted octanol–water partition coefficient (Wildman–Crippen LogP) is 1.89. The third-order valence-electron chi connectivity index (χ3n) is 3.76. The molecule has 1 aliphatic heterocycles. The lowest BCUT2D eigenvalue weighted by Gasteiger charge is -2.10. The summed E-state index contributed by atoms with van der Waals surface area (Å²) >= 11 is 0. The van der Waals surface area contributed by atoms with Gasteiger partial charge >= 0.3 is 0 Å². The molecule has 0 bridgehead atoms. The van der Waals surface area contributed by atoms with Gasteiger partial charge in [-0.25, -0.2) is 4.52 Å². The summed E-state index contributed by atoms with van der Waals surface area (Å²) < 4.78 is 7.64. The molecule has 2 aromatic rings. The smallest absolute Gasteiger partial charge is 0.126 e. The van der Waals surface area contributed by atoms with Gasteiger partial charge in [-0.2, -0.15) is 5.10 Å². The van der Waals surface area contributed by atoms with Crippen molar-refractivity contribution >= 4 is 5.52 Å². The second-order valence-corrected chi connectivity index (χ2v) is 4.90. The number of pyridine rings is 1. The zero-order valence-corrected chi connectivity index (χ0v) is 10.9. The van der Waals surface area contributed by atoms with Crippen LogP contribution in [-0.2, 0) is 12.8 Å². The average Bonchev–Trinajstić information content (AvgIpc) is 3.00. The summed E-state index contributed by atoms with van der Waals surface area (Å²) in [6, 6.07) is 2.01. The summed E-state index contributed by atoms with van der Waals surface area (Å²) in [6.45, 7) is 5.74. The van der Waals surface area contributed by atoms with E-state index in [2.05, 4.69) is 18.9 Å². The first-order valence-corrected chi connectivity index (χ1v) is 6.62. The number of hydrogen-bond donors (Lipinski definition) is 1. The van der Waals surface area contributed by atoms with Gasteiger partial charge in [0.1, 0.15) is 5.75 Å². The lowest BCUT2D eigenvalue weighted by atomic mass is 9.96. The van der Waals surface area contributed by atoms with Gasteiger partial charge in [-0.3, -0.25) is 0 Å². The minimum Gasteiger partial charge on any atom is -0.493 e. The quantitative estimate of drug-likeness (QED) is 0.898. The number of hydrogen-bond acceptors (Lipinski definition) is 3. The summed E-state index contributed by atoms with van der Waals surface area (Å²) in [6.07, 6.45) is 3.90. The van der Waals surface area contributed by atoms with E-state index < -0.39 is 0 Å². The van der Waals surface area contributed by atoms with E-state index in [1.54, 1.807) is 0 Å². The topological polar surface area (TPSA) is 52.5 Å². The first kappa shape index (κ1) is 11.5. The molecule has 96 valence electrons.